The first-order valence-electron chi connectivity index (χ1n) is 4.18. The van der Waals surface area contributed by atoms with Crippen LogP contribution < -0.4 is 0 Å². The van der Waals surface area contributed by atoms with Crippen LogP contribution in [0.5, 0.6) is 0 Å². The van der Waals surface area contributed by atoms with Crippen LogP contribution in [0.4, 0.5) is 0 Å². The third-order valence-corrected chi connectivity index (χ3v) is 1.35. The lowest BCUT2D eigenvalue weighted by atomic mass is 10.2. The summed E-state index contributed by atoms with van der Waals surface area (Å²) in [5, 5.41) is 18.3. The highest BCUT2D eigenvalue weighted by atomic mass is 16.8. The molecule has 0 unspecified atom stereocenters. The predicted molar refractivity (Wildman–Crippen MR) is 47.5 cm³/mol. The summed E-state index contributed by atoms with van der Waals surface area (Å²) in [6.07, 6.45) is 3.03. The van der Waals surface area contributed by atoms with Crippen LogP contribution in [0.1, 0.15) is 27.2 Å². The second-order valence-electron chi connectivity index (χ2n) is 3.09. The topological polar surface area (TPSA) is 66.8 Å². The molecule has 2 N–H and O–H groups in total. The zero-order valence-corrected chi connectivity index (χ0v) is 8.15. The molecule has 0 heterocycles. The molecule has 0 aromatic heterocycles. The normalized spacial score (nSPS) is 12.5. The van der Waals surface area contributed by atoms with Gasteiger partial charge in [-0.3, -0.25) is 4.79 Å². The Morgan fingerprint density at radius 3 is 2.46 bits per heavy atom. The molecule has 0 bridgehead atoms. The Bertz CT molecular complexity index is 194. The van der Waals surface area contributed by atoms with E-state index in [9.17, 15) is 4.79 Å². The third kappa shape index (κ3) is 5.38. The van der Waals surface area contributed by atoms with Crippen molar-refractivity contribution >= 4 is 5.97 Å². The number of ether oxygens (including phenoxy) is 1. The van der Waals surface area contributed by atoms with Crippen LogP contribution in [0.3, 0.4) is 0 Å². The van der Waals surface area contributed by atoms with Crippen LogP contribution in [-0.4, -0.2) is 22.2 Å². The molecule has 13 heavy (non-hydrogen) atoms. The second-order valence-corrected chi connectivity index (χ2v) is 3.09. The summed E-state index contributed by atoms with van der Waals surface area (Å²) >= 11 is 0. The highest BCUT2D eigenvalue weighted by Crippen LogP contribution is 2.11. The fourth-order valence-electron chi connectivity index (χ4n) is 0.592. The first-order chi connectivity index (χ1) is 5.89. The van der Waals surface area contributed by atoms with Crippen molar-refractivity contribution in [1.29, 1.82) is 0 Å². The number of carbonyl (C=O) groups excluding carboxylic acids is 1. The number of aliphatic hydroxyl groups is 2. The Hall–Kier alpha value is -0.870. The van der Waals surface area contributed by atoms with Crippen LogP contribution in [-0.2, 0) is 9.53 Å². The van der Waals surface area contributed by atoms with Gasteiger partial charge >= 0.3 is 11.9 Å². The van der Waals surface area contributed by atoms with E-state index in [0.717, 1.165) is 0 Å². The van der Waals surface area contributed by atoms with Gasteiger partial charge in [-0.1, -0.05) is 26.0 Å². The van der Waals surface area contributed by atoms with Gasteiger partial charge in [-0.2, -0.15) is 0 Å². The average molecular weight is 188 g/mol. The van der Waals surface area contributed by atoms with E-state index < -0.39 is 11.9 Å². The SMILES string of the molecule is C/C=C/CC(O)(O)OC(=O)C(C)C. The second kappa shape index (κ2) is 4.99. The molecule has 0 aliphatic heterocycles. The highest BCUT2D eigenvalue weighted by Gasteiger charge is 2.27. The molecule has 0 saturated heterocycles. The van der Waals surface area contributed by atoms with Gasteiger partial charge in [0.05, 0.1) is 12.3 Å². The van der Waals surface area contributed by atoms with E-state index in [2.05, 4.69) is 4.74 Å². The first kappa shape index (κ1) is 12.1. The molecule has 0 aromatic rings. The first-order valence-corrected chi connectivity index (χ1v) is 4.18. The maximum absolute atomic E-state index is 11.0. The van der Waals surface area contributed by atoms with E-state index in [4.69, 9.17) is 10.2 Å². The summed E-state index contributed by atoms with van der Waals surface area (Å²) in [5.41, 5.74) is 0. The van der Waals surface area contributed by atoms with Crippen LogP contribution in [0.25, 0.3) is 0 Å². The Kier molecular flexibility index (Phi) is 4.66. The van der Waals surface area contributed by atoms with E-state index >= 15 is 0 Å². The minimum Gasteiger partial charge on any atom is -0.408 e. The molecule has 0 amide bonds. The summed E-state index contributed by atoms with van der Waals surface area (Å²) in [5.74, 6) is -3.38. The van der Waals surface area contributed by atoms with Crippen molar-refractivity contribution < 1.29 is 19.7 Å². The molecule has 0 rings (SSSR count). The molecule has 0 radical (unpaired) electrons. The van der Waals surface area contributed by atoms with Crippen molar-refractivity contribution in [2.75, 3.05) is 0 Å². The maximum Gasteiger partial charge on any atom is 0.327 e. The molecule has 76 valence electrons. The summed E-state index contributed by atoms with van der Waals surface area (Å²) < 4.78 is 4.42. The van der Waals surface area contributed by atoms with Crippen molar-refractivity contribution in [3.05, 3.63) is 12.2 Å². The zero-order valence-electron chi connectivity index (χ0n) is 8.15. The molecule has 0 spiro atoms. The Morgan fingerprint density at radius 2 is 2.08 bits per heavy atom. The minimum absolute atomic E-state index is 0.123. The number of carbonyl (C=O) groups is 1. The number of allylic oxidation sites excluding steroid dienone is 1. The lowest BCUT2D eigenvalue weighted by Gasteiger charge is -2.20. The molecule has 0 aromatic carbocycles. The van der Waals surface area contributed by atoms with Crippen LogP contribution in [0.2, 0.25) is 0 Å². The van der Waals surface area contributed by atoms with E-state index in [1.165, 1.54) is 6.08 Å². The largest absolute Gasteiger partial charge is 0.408 e. The lowest BCUT2D eigenvalue weighted by Crippen LogP contribution is -2.35. The molecule has 0 aliphatic carbocycles. The summed E-state index contributed by atoms with van der Waals surface area (Å²) in [6, 6.07) is 0. The summed E-state index contributed by atoms with van der Waals surface area (Å²) in [7, 11) is 0. The Labute approximate surface area is 77.8 Å². The molecule has 4 nitrogen and oxygen atoms in total. The number of rotatable bonds is 4. The monoisotopic (exact) mass is 188 g/mol. The van der Waals surface area contributed by atoms with Gasteiger partial charge in [-0.05, 0) is 6.92 Å². The molecule has 0 fully saturated rings. The summed E-state index contributed by atoms with van der Waals surface area (Å²) in [6.45, 7) is 4.97. The lowest BCUT2D eigenvalue weighted by molar-refractivity contribution is -0.318. The van der Waals surface area contributed by atoms with Gasteiger partial charge in [0.15, 0.2) is 0 Å². The van der Waals surface area contributed by atoms with E-state index in [0.29, 0.717) is 0 Å². The van der Waals surface area contributed by atoms with Gasteiger partial charge in [0.2, 0.25) is 0 Å². The van der Waals surface area contributed by atoms with Crippen molar-refractivity contribution in [3.8, 4) is 0 Å². The molecular weight excluding hydrogens is 172 g/mol. The fourth-order valence-corrected chi connectivity index (χ4v) is 0.592. The maximum atomic E-state index is 11.0. The van der Waals surface area contributed by atoms with Gasteiger partial charge in [0.25, 0.3) is 0 Å². The van der Waals surface area contributed by atoms with Crippen molar-refractivity contribution in [2.45, 2.75) is 33.2 Å². The Balaban J connectivity index is 4.08. The fraction of sp³-hybridized carbons (Fsp3) is 0.667. The van der Waals surface area contributed by atoms with Crippen molar-refractivity contribution in [1.82, 2.24) is 0 Å². The standard InChI is InChI=1S/C9H16O4/c1-4-5-6-9(11,12)13-8(10)7(2)3/h4-5,7,11-12H,6H2,1-3H3/b5-4+. The van der Waals surface area contributed by atoms with Crippen LogP contribution in [0, 0.1) is 5.92 Å². The number of esters is 1. The molecule has 0 saturated carbocycles. The van der Waals surface area contributed by atoms with Gasteiger partial charge < -0.3 is 14.9 Å². The third-order valence-electron chi connectivity index (χ3n) is 1.35. The van der Waals surface area contributed by atoms with Crippen LogP contribution in [0.15, 0.2) is 12.2 Å². The number of hydrogen-bond donors (Lipinski definition) is 2. The Morgan fingerprint density at radius 1 is 1.54 bits per heavy atom. The van der Waals surface area contributed by atoms with E-state index in [1.54, 1.807) is 26.8 Å². The van der Waals surface area contributed by atoms with Crippen molar-refractivity contribution in [3.63, 3.8) is 0 Å². The highest BCUT2D eigenvalue weighted by molar-refractivity contribution is 5.71. The van der Waals surface area contributed by atoms with Crippen LogP contribution >= 0.6 is 0 Å². The molecular formula is C9H16O4. The minimum atomic E-state index is -2.38. The molecule has 0 atom stereocenters. The van der Waals surface area contributed by atoms with Gasteiger partial charge in [0, 0.05) is 0 Å². The van der Waals surface area contributed by atoms with E-state index in [-0.39, 0.29) is 12.3 Å². The van der Waals surface area contributed by atoms with Gasteiger partial charge in [-0.15, -0.1) is 0 Å². The van der Waals surface area contributed by atoms with E-state index in [1.807, 2.05) is 0 Å². The quantitative estimate of drug-likeness (QED) is 0.389. The molecule has 0 aliphatic rings. The molecule has 4 heteroatoms. The average Bonchev–Trinajstić information content (AvgIpc) is 2.00. The van der Waals surface area contributed by atoms with Gasteiger partial charge in [0.1, 0.15) is 0 Å². The van der Waals surface area contributed by atoms with Crippen molar-refractivity contribution in [2.24, 2.45) is 5.92 Å². The predicted octanol–water partition coefficient (Wildman–Crippen LogP) is 0.790. The number of hydrogen-bond acceptors (Lipinski definition) is 4. The summed E-state index contributed by atoms with van der Waals surface area (Å²) in [4.78, 5) is 11.0. The zero-order chi connectivity index (χ0) is 10.5. The smallest absolute Gasteiger partial charge is 0.327 e. The van der Waals surface area contributed by atoms with Gasteiger partial charge in [-0.25, -0.2) is 0 Å².